The number of fused-ring (bicyclic) bond motifs is 1. The van der Waals surface area contributed by atoms with Crippen LogP contribution in [0, 0.1) is 6.92 Å². The molecule has 2 aromatic heterocycles. The summed E-state index contributed by atoms with van der Waals surface area (Å²) in [6, 6.07) is 0. The smallest absolute Gasteiger partial charge is 0.263 e. The van der Waals surface area contributed by atoms with Crippen molar-refractivity contribution in [2.24, 2.45) is 0 Å². The van der Waals surface area contributed by atoms with Crippen LogP contribution in [0.5, 0.6) is 0 Å². The number of nitrogens with zero attached hydrogens (tertiary/aromatic N) is 3. The van der Waals surface area contributed by atoms with Crippen LogP contribution in [0.3, 0.4) is 0 Å². The molecule has 19 heavy (non-hydrogen) atoms. The molecule has 2 heterocycles. The molecule has 0 radical (unpaired) electrons. The Morgan fingerprint density at radius 2 is 2.21 bits per heavy atom. The zero-order chi connectivity index (χ0) is 14.0. The molecule has 0 aromatic carbocycles. The van der Waals surface area contributed by atoms with Crippen LogP contribution in [0.25, 0.3) is 4.96 Å². The number of aromatic nitrogens is 3. The van der Waals surface area contributed by atoms with Crippen molar-refractivity contribution in [1.29, 1.82) is 0 Å². The van der Waals surface area contributed by atoms with E-state index >= 15 is 0 Å². The quantitative estimate of drug-likeness (QED) is 0.811. The molecule has 0 fully saturated rings. The predicted octanol–water partition coefficient (Wildman–Crippen LogP) is 1.33. The fourth-order valence-electron chi connectivity index (χ4n) is 1.88. The molecule has 6 nitrogen and oxygen atoms in total. The summed E-state index contributed by atoms with van der Waals surface area (Å²) < 4.78 is 1.94. The summed E-state index contributed by atoms with van der Waals surface area (Å²) in [5.41, 5.74) is 0.871. The van der Waals surface area contributed by atoms with Crippen molar-refractivity contribution in [2.75, 3.05) is 13.2 Å². The van der Waals surface area contributed by atoms with Crippen LogP contribution >= 0.6 is 11.3 Å². The zero-order valence-corrected chi connectivity index (χ0v) is 12.1. The Hall–Kier alpha value is -1.47. The SMILES string of the molecule is Cc1c(C(=O)NCCCO)sc2nnc(C(C)C)n12. The van der Waals surface area contributed by atoms with Crippen molar-refractivity contribution in [3.8, 4) is 0 Å². The van der Waals surface area contributed by atoms with Crippen LogP contribution < -0.4 is 5.32 Å². The van der Waals surface area contributed by atoms with Crippen LogP contribution in [0.4, 0.5) is 0 Å². The molecule has 1 amide bonds. The van der Waals surface area contributed by atoms with Crippen molar-refractivity contribution >= 4 is 22.2 Å². The minimum atomic E-state index is -0.115. The Kier molecular flexibility index (Phi) is 4.16. The summed E-state index contributed by atoms with van der Waals surface area (Å²) in [5, 5.41) is 19.8. The van der Waals surface area contributed by atoms with Crippen molar-refractivity contribution in [1.82, 2.24) is 19.9 Å². The minimum Gasteiger partial charge on any atom is -0.396 e. The number of carbonyl (C=O) groups is 1. The van der Waals surface area contributed by atoms with Gasteiger partial charge in [-0.15, -0.1) is 10.2 Å². The number of hydrogen-bond donors (Lipinski definition) is 2. The van der Waals surface area contributed by atoms with Gasteiger partial charge in [-0.05, 0) is 13.3 Å². The lowest BCUT2D eigenvalue weighted by Crippen LogP contribution is -2.25. The van der Waals surface area contributed by atoms with E-state index in [4.69, 9.17) is 5.11 Å². The molecule has 0 atom stereocenters. The maximum atomic E-state index is 12.0. The fraction of sp³-hybridized carbons (Fsp3) is 0.583. The lowest BCUT2D eigenvalue weighted by atomic mass is 10.2. The van der Waals surface area contributed by atoms with Crippen LogP contribution in [0.15, 0.2) is 0 Å². The van der Waals surface area contributed by atoms with E-state index in [9.17, 15) is 4.79 Å². The average Bonchev–Trinajstić information content (AvgIpc) is 2.90. The highest BCUT2D eigenvalue weighted by atomic mass is 32.1. The second kappa shape index (κ2) is 5.66. The highest BCUT2D eigenvalue weighted by molar-refractivity contribution is 7.19. The van der Waals surface area contributed by atoms with E-state index in [1.54, 1.807) is 0 Å². The molecule has 0 spiro atoms. The number of nitrogens with one attached hydrogen (secondary N) is 1. The molecule has 2 rings (SSSR count). The van der Waals surface area contributed by atoms with E-state index in [2.05, 4.69) is 29.4 Å². The first kappa shape index (κ1) is 14.0. The first-order chi connectivity index (χ1) is 9.06. The highest BCUT2D eigenvalue weighted by Crippen LogP contribution is 2.25. The molecule has 0 bridgehead atoms. The summed E-state index contributed by atoms with van der Waals surface area (Å²) >= 11 is 1.34. The van der Waals surface area contributed by atoms with Crippen molar-refractivity contribution in [3.05, 3.63) is 16.4 Å². The molecule has 0 aliphatic carbocycles. The maximum Gasteiger partial charge on any atom is 0.263 e. The van der Waals surface area contributed by atoms with Gasteiger partial charge in [0, 0.05) is 24.8 Å². The molecular weight excluding hydrogens is 264 g/mol. The first-order valence-corrected chi connectivity index (χ1v) is 7.11. The van der Waals surface area contributed by atoms with Gasteiger partial charge in [-0.1, -0.05) is 25.2 Å². The number of amides is 1. The fourth-order valence-corrected chi connectivity index (χ4v) is 2.86. The van der Waals surface area contributed by atoms with Gasteiger partial charge in [-0.25, -0.2) is 0 Å². The number of rotatable bonds is 5. The molecule has 7 heteroatoms. The third-order valence-electron chi connectivity index (χ3n) is 2.86. The topological polar surface area (TPSA) is 79.5 Å². The zero-order valence-electron chi connectivity index (χ0n) is 11.3. The molecule has 2 aromatic rings. The summed E-state index contributed by atoms with van der Waals surface area (Å²) in [4.78, 5) is 13.4. The van der Waals surface area contributed by atoms with Gasteiger partial charge >= 0.3 is 0 Å². The second-order valence-electron chi connectivity index (χ2n) is 4.68. The van der Waals surface area contributed by atoms with Crippen molar-refractivity contribution in [2.45, 2.75) is 33.1 Å². The third-order valence-corrected chi connectivity index (χ3v) is 3.99. The number of aliphatic hydroxyl groups excluding tert-OH is 1. The van der Waals surface area contributed by atoms with Gasteiger partial charge in [0.15, 0.2) is 0 Å². The van der Waals surface area contributed by atoms with Gasteiger partial charge in [0.2, 0.25) is 4.96 Å². The van der Waals surface area contributed by atoms with Crippen LogP contribution in [-0.2, 0) is 0 Å². The number of hydrogen-bond acceptors (Lipinski definition) is 5. The molecular formula is C12H18N4O2S. The summed E-state index contributed by atoms with van der Waals surface area (Å²) in [7, 11) is 0. The average molecular weight is 282 g/mol. The van der Waals surface area contributed by atoms with E-state index in [0.717, 1.165) is 16.5 Å². The Balaban J connectivity index is 2.30. The maximum absolute atomic E-state index is 12.0. The summed E-state index contributed by atoms with van der Waals surface area (Å²) in [6.45, 7) is 6.56. The van der Waals surface area contributed by atoms with E-state index < -0.39 is 0 Å². The van der Waals surface area contributed by atoms with Gasteiger partial charge in [-0.3, -0.25) is 9.20 Å². The van der Waals surface area contributed by atoms with Gasteiger partial charge in [-0.2, -0.15) is 0 Å². The number of aliphatic hydroxyl groups is 1. The Bertz CT molecular complexity index is 588. The predicted molar refractivity (Wildman–Crippen MR) is 73.7 cm³/mol. The monoisotopic (exact) mass is 282 g/mol. The molecule has 0 aliphatic heterocycles. The minimum absolute atomic E-state index is 0.0778. The Labute approximate surface area is 115 Å². The van der Waals surface area contributed by atoms with Crippen molar-refractivity contribution in [3.63, 3.8) is 0 Å². The van der Waals surface area contributed by atoms with Crippen LogP contribution in [-0.4, -0.2) is 38.8 Å². The van der Waals surface area contributed by atoms with Gasteiger partial charge in [0.05, 0.1) is 0 Å². The van der Waals surface area contributed by atoms with Gasteiger partial charge < -0.3 is 10.4 Å². The first-order valence-electron chi connectivity index (χ1n) is 6.29. The summed E-state index contributed by atoms with van der Waals surface area (Å²) in [5.74, 6) is 1.02. The van der Waals surface area contributed by atoms with Gasteiger partial charge in [0.25, 0.3) is 5.91 Å². The van der Waals surface area contributed by atoms with E-state index in [1.165, 1.54) is 11.3 Å². The van der Waals surface area contributed by atoms with Crippen molar-refractivity contribution < 1.29 is 9.90 Å². The molecule has 0 saturated heterocycles. The lowest BCUT2D eigenvalue weighted by Gasteiger charge is -2.04. The molecule has 0 saturated carbocycles. The van der Waals surface area contributed by atoms with E-state index in [-0.39, 0.29) is 18.4 Å². The number of thiazole rings is 1. The standard InChI is InChI=1S/C12H18N4O2S/c1-7(2)10-14-15-12-16(10)8(3)9(19-12)11(18)13-5-4-6-17/h7,17H,4-6H2,1-3H3,(H,13,18). The van der Waals surface area contributed by atoms with Crippen LogP contribution in [0.1, 0.15) is 47.4 Å². The van der Waals surface area contributed by atoms with Crippen LogP contribution in [0.2, 0.25) is 0 Å². The largest absolute Gasteiger partial charge is 0.396 e. The molecule has 104 valence electrons. The summed E-state index contributed by atoms with van der Waals surface area (Å²) in [6.07, 6.45) is 0.562. The third kappa shape index (κ3) is 2.62. The number of aryl methyl sites for hydroxylation is 1. The Morgan fingerprint density at radius 3 is 2.84 bits per heavy atom. The van der Waals surface area contributed by atoms with Gasteiger partial charge in [0.1, 0.15) is 10.7 Å². The molecule has 0 aliphatic rings. The molecule has 2 N–H and O–H groups in total. The second-order valence-corrected chi connectivity index (χ2v) is 5.66. The Morgan fingerprint density at radius 1 is 1.47 bits per heavy atom. The number of carbonyl (C=O) groups excluding carboxylic acids is 1. The molecule has 0 unspecified atom stereocenters. The van der Waals surface area contributed by atoms with E-state index in [1.807, 2.05) is 11.3 Å². The normalized spacial score (nSPS) is 11.4. The lowest BCUT2D eigenvalue weighted by molar-refractivity contribution is 0.0954. The van der Waals surface area contributed by atoms with E-state index in [0.29, 0.717) is 17.8 Å². The highest BCUT2D eigenvalue weighted by Gasteiger charge is 2.20.